The van der Waals surface area contributed by atoms with Gasteiger partial charge in [-0.25, -0.2) is 9.67 Å². The molecule has 0 radical (unpaired) electrons. The first-order valence-electron chi connectivity index (χ1n) is 11.6. The Balaban J connectivity index is 1.76. The third-order valence-electron chi connectivity index (χ3n) is 5.25. The zero-order valence-electron chi connectivity index (χ0n) is 21.3. The van der Waals surface area contributed by atoms with Gasteiger partial charge in [-0.15, -0.1) is 11.8 Å². The molecule has 0 saturated heterocycles. The summed E-state index contributed by atoms with van der Waals surface area (Å²) in [4.78, 5) is 8.92. The number of aryl methyl sites for hydroxylation is 2. The average Bonchev–Trinajstić information content (AvgIpc) is 3.42. The zero-order valence-corrected chi connectivity index (χ0v) is 22.1. The number of hydrogen-bond donors (Lipinski definition) is 1. The quantitative estimate of drug-likeness (QED) is 0.210. The molecule has 8 heteroatoms. The van der Waals surface area contributed by atoms with Gasteiger partial charge in [0.15, 0.2) is 0 Å². The van der Waals surface area contributed by atoms with Crippen LogP contribution in [0, 0.1) is 6.92 Å². The Morgan fingerprint density at radius 3 is 2.68 bits per heavy atom. The van der Waals surface area contributed by atoms with E-state index in [-0.39, 0.29) is 5.41 Å². The molecule has 0 aliphatic carbocycles. The standard InChI is InChI=1S/C26H36N6OS/c1-8-12-32-25(14-24(30-32)26(4,5)6)29-18-34-16-21(27-9-2)20-10-11-22(23(13-20)33-7)31-15-19(3)28-17-31/h9-11,13-17,29H,8,12,18H2,1-7H3. The van der Waals surface area contributed by atoms with Crippen LogP contribution in [0.5, 0.6) is 5.75 Å². The van der Waals surface area contributed by atoms with Crippen molar-refractivity contribution in [2.24, 2.45) is 4.99 Å². The minimum Gasteiger partial charge on any atom is -0.495 e. The topological polar surface area (TPSA) is 69.3 Å². The van der Waals surface area contributed by atoms with E-state index < -0.39 is 0 Å². The molecule has 0 aliphatic rings. The van der Waals surface area contributed by atoms with Gasteiger partial charge in [-0.2, -0.15) is 5.10 Å². The number of benzene rings is 1. The number of thioether (sulfide) groups is 1. The van der Waals surface area contributed by atoms with Crippen LogP contribution in [0.25, 0.3) is 11.4 Å². The highest BCUT2D eigenvalue weighted by atomic mass is 32.2. The lowest BCUT2D eigenvalue weighted by Gasteiger charge is -2.13. The van der Waals surface area contributed by atoms with E-state index in [0.29, 0.717) is 5.88 Å². The fraction of sp³-hybridized carbons (Fsp3) is 0.423. The molecule has 0 amide bonds. The molecule has 0 atom stereocenters. The van der Waals surface area contributed by atoms with E-state index in [9.17, 15) is 0 Å². The van der Waals surface area contributed by atoms with E-state index >= 15 is 0 Å². The van der Waals surface area contributed by atoms with Crippen LogP contribution in [-0.4, -0.2) is 38.5 Å². The number of anilines is 1. The maximum Gasteiger partial charge on any atom is 0.143 e. The van der Waals surface area contributed by atoms with Gasteiger partial charge in [0.25, 0.3) is 0 Å². The van der Waals surface area contributed by atoms with Crippen molar-refractivity contribution in [2.45, 2.75) is 59.9 Å². The van der Waals surface area contributed by atoms with E-state index in [4.69, 9.17) is 9.84 Å². The SMILES string of the molecule is CC=NC(=CSCNc1cc(C(C)(C)C)nn1CCC)c1ccc(-n2cnc(C)c2)c(OC)c1. The van der Waals surface area contributed by atoms with Crippen LogP contribution in [0.15, 0.2) is 47.2 Å². The Hall–Kier alpha value is -3.00. The van der Waals surface area contributed by atoms with Gasteiger partial charge in [0.1, 0.15) is 11.6 Å². The highest BCUT2D eigenvalue weighted by Crippen LogP contribution is 2.30. The molecule has 0 spiro atoms. The lowest BCUT2D eigenvalue weighted by molar-refractivity contribution is 0.412. The number of aliphatic imine (C=N–C) groups is 1. The second-order valence-corrected chi connectivity index (χ2v) is 9.93. The Bertz CT molecular complexity index is 1150. The van der Waals surface area contributed by atoms with Crippen LogP contribution in [0.4, 0.5) is 5.82 Å². The molecule has 182 valence electrons. The number of ether oxygens (including phenoxy) is 1. The number of nitrogens with zero attached hydrogens (tertiary/aromatic N) is 5. The van der Waals surface area contributed by atoms with Crippen molar-refractivity contribution < 1.29 is 4.74 Å². The van der Waals surface area contributed by atoms with Crippen molar-refractivity contribution in [2.75, 3.05) is 18.3 Å². The van der Waals surface area contributed by atoms with Crippen LogP contribution in [0.2, 0.25) is 0 Å². The molecule has 0 unspecified atom stereocenters. The van der Waals surface area contributed by atoms with Gasteiger partial charge in [0.2, 0.25) is 0 Å². The maximum absolute atomic E-state index is 5.67. The van der Waals surface area contributed by atoms with Gasteiger partial charge in [-0.05, 0) is 37.8 Å². The van der Waals surface area contributed by atoms with Crippen LogP contribution in [-0.2, 0) is 12.0 Å². The summed E-state index contributed by atoms with van der Waals surface area (Å²) in [6.45, 7) is 13.5. The second-order valence-electron chi connectivity index (χ2n) is 9.08. The molecule has 2 aromatic heterocycles. The number of aromatic nitrogens is 4. The third kappa shape index (κ3) is 6.32. The van der Waals surface area contributed by atoms with Crippen molar-refractivity contribution >= 4 is 29.5 Å². The van der Waals surface area contributed by atoms with E-state index in [1.807, 2.05) is 43.0 Å². The van der Waals surface area contributed by atoms with Gasteiger partial charge in [0.05, 0.1) is 42.1 Å². The maximum atomic E-state index is 5.67. The third-order valence-corrected chi connectivity index (χ3v) is 5.95. The molecule has 2 heterocycles. The summed E-state index contributed by atoms with van der Waals surface area (Å²) in [6.07, 6.45) is 6.63. The molecular weight excluding hydrogens is 444 g/mol. The molecular formula is C26H36N6OS. The van der Waals surface area contributed by atoms with E-state index in [1.165, 1.54) is 0 Å². The molecule has 7 nitrogen and oxygen atoms in total. The summed E-state index contributed by atoms with van der Waals surface area (Å²) in [5, 5.41) is 10.4. The van der Waals surface area contributed by atoms with Gasteiger partial charge < -0.3 is 14.6 Å². The predicted octanol–water partition coefficient (Wildman–Crippen LogP) is 6.29. The monoisotopic (exact) mass is 480 g/mol. The fourth-order valence-corrected chi connectivity index (χ4v) is 4.13. The molecule has 0 bridgehead atoms. The smallest absolute Gasteiger partial charge is 0.143 e. The summed E-state index contributed by atoms with van der Waals surface area (Å²) in [6, 6.07) is 8.27. The predicted molar refractivity (Wildman–Crippen MR) is 144 cm³/mol. The Kier molecular flexibility index (Phi) is 8.61. The molecule has 1 aromatic carbocycles. The summed E-state index contributed by atoms with van der Waals surface area (Å²) in [5.74, 6) is 2.54. The normalized spacial score (nSPS) is 12.5. The van der Waals surface area contributed by atoms with Crippen LogP contribution in [0.3, 0.4) is 0 Å². The van der Waals surface area contributed by atoms with Crippen molar-refractivity contribution in [3.8, 4) is 11.4 Å². The van der Waals surface area contributed by atoms with E-state index in [1.54, 1.807) is 25.2 Å². The summed E-state index contributed by atoms with van der Waals surface area (Å²) in [5.41, 5.74) is 4.90. The number of imidazole rings is 1. The summed E-state index contributed by atoms with van der Waals surface area (Å²) < 4.78 is 9.70. The minimum absolute atomic E-state index is 0.0199. The van der Waals surface area contributed by atoms with Gasteiger partial charge >= 0.3 is 0 Å². The van der Waals surface area contributed by atoms with E-state index in [2.05, 4.69) is 65.2 Å². The van der Waals surface area contributed by atoms with Crippen LogP contribution in [0.1, 0.15) is 58.0 Å². The number of rotatable bonds is 10. The van der Waals surface area contributed by atoms with Crippen molar-refractivity contribution in [1.29, 1.82) is 0 Å². The van der Waals surface area contributed by atoms with Crippen molar-refractivity contribution in [1.82, 2.24) is 19.3 Å². The molecule has 3 rings (SSSR count). The molecule has 1 N–H and O–H groups in total. The van der Waals surface area contributed by atoms with Gasteiger partial charge in [-0.3, -0.25) is 4.99 Å². The molecule has 0 fully saturated rings. The lowest BCUT2D eigenvalue weighted by Crippen LogP contribution is -2.13. The number of hydrogen-bond acceptors (Lipinski definition) is 6. The van der Waals surface area contributed by atoms with Crippen molar-refractivity contribution in [3.05, 3.63) is 59.1 Å². The second kappa shape index (κ2) is 11.4. The molecule has 34 heavy (non-hydrogen) atoms. The Morgan fingerprint density at radius 1 is 1.26 bits per heavy atom. The van der Waals surface area contributed by atoms with Crippen LogP contribution >= 0.6 is 11.8 Å². The van der Waals surface area contributed by atoms with Crippen molar-refractivity contribution in [3.63, 3.8) is 0 Å². The Labute approximate surface area is 207 Å². The highest BCUT2D eigenvalue weighted by molar-refractivity contribution is 8.02. The minimum atomic E-state index is 0.0199. The molecule has 0 aliphatic heterocycles. The van der Waals surface area contributed by atoms with Crippen LogP contribution < -0.4 is 10.1 Å². The molecule has 0 saturated carbocycles. The van der Waals surface area contributed by atoms with E-state index in [0.717, 1.165) is 52.9 Å². The largest absolute Gasteiger partial charge is 0.495 e. The first-order valence-corrected chi connectivity index (χ1v) is 12.6. The lowest BCUT2D eigenvalue weighted by atomic mass is 9.92. The molecule has 3 aromatic rings. The number of methoxy groups -OCH3 is 1. The zero-order chi connectivity index (χ0) is 24.7. The summed E-state index contributed by atoms with van der Waals surface area (Å²) in [7, 11) is 1.68. The van der Waals surface area contributed by atoms with Gasteiger partial charge in [0, 0.05) is 36.0 Å². The average molecular weight is 481 g/mol. The van der Waals surface area contributed by atoms with Gasteiger partial charge in [-0.1, -0.05) is 33.8 Å². The Morgan fingerprint density at radius 2 is 2.06 bits per heavy atom. The first kappa shape index (κ1) is 25.6. The number of nitrogens with one attached hydrogen (secondary N) is 1. The highest BCUT2D eigenvalue weighted by Gasteiger charge is 2.19. The summed E-state index contributed by atoms with van der Waals surface area (Å²) >= 11 is 1.67. The fourth-order valence-electron chi connectivity index (χ4n) is 3.46. The first-order chi connectivity index (χ1) is 16.3.